The Labute approximate surface area is 327 Å². The van der Waals surface area contributed by atoms with Crippen LogP contribution in [0.3, 0.4) is 0 Å². The smallest absolute Gasteiger partial charge is 0.337 e. The van der Waals surface area contributed by atoms with Crippen molar-refractivity contribution < 1.29 is 24.1 Å². The number of anilines is 1. The monoisotopic (exact) mass is 761 g/mol. The van der Waals surface area contributed by atoms with Crippen molar-refractivity contribution in [2.24, 2.45) is 0 Å². The summed E-state index contributed by atoms with van der Waals surface area (Å²) in [7, 11) is 2.16. The number of thiazole rings is 1. The second-order valence-electron chi connectivity index (χ2n) is 16.3. The average molecular weight is 762 g/mol. The summed E-state index contributed by atoms with van der Waals surface area (Å²) in [4.78, 5) is 32.9. The molecule has 6 heterocycles. The molecule has 1 saturated heterocycles. The van der Waals surface area contributed by atoms with Crippen molar-refractivity contribution >= 4 is 33.3 Å². The molecule has 0 aliphatic carbocycles. The Morgan fingerprint density at radius 1 is 0.982 bits per heavy atom. The first-order valence-corrected chi connectivity index (χ1v) is 20.4. The quantitative estimate of drug-likeness (QED) is 0.190. The largest absolute Gasteiger partial charge is 0.493 e. The van der Waals surface area contributed by atoms with Crippen LogP contribution in [0.1, 0.15) is 88.5 Å². The van der Waals surface area contributed by atoms with Gasteiger partial charge in [-0.1, -0.05) is 12.5 Å². The van der Waals surface area contributed by atoms with E-state index in [0.29, 0.717) is 24.0 Å². The number of nitrogens with zero attached hydrogens (tertiary/aromatic N) is 5. The Hall–Kier alpha value is -4.58. The van der Waals surface area contributed by atoms with Crippen LogP contribution in [-0.4, -0.2) is 82.5 Å². The maximum Gasteiger partial charge on any atom is 0.337 e. The summed E-state index contributed by atoms with van der Waals surface area (Å²) in [6.07, 6.45) is 5.54. The van der Waals surface area contributed by atoms with Crippen LogP contribution in [-0.2, 0) is 9.53 Å². The van der Waals surface area contributed by atoms with Crippen LogP contribution in [0.5, 0.6) is 11.6 Å². The van der Waals surface area contributed by atoms with E-state index in [1.165, 1.54) is 5.56 Å². The molecule has 3 aliphatic rings. The Balaban J connectivity index is 1.31. The maximum atomic E-state index is 13.1. The van der Waals surface area contributed by atoms with E-state index in [9.17, 15) is 9.90 Å². The van der Waals surface area contributed by atoms with Crippen LogP contribution < -0.4 is 14.4 Å². The van der Waals surface area contributed by atoms with Gasteiger partial charge in [-0.25, -0.2) is 9.78 Å². The molecule has 288 valence electrons. The lowest BCUT2D eigenvalue weighted by Gasteiger charge is -2.33. The molecule has 3 atom stereocenters. The molecular formula is C44H51N5O5S. The molecule has 6 bridgehead atoms. The van der Waals surface area contributed by atoms with Crippen LogP contribution in [0.15, 0.2) is 54.7 Å². The van der Waals surface area contributed by atoms with Crippen molar-refractivity contribution in [3.8, 4) is 44.6 Å². The minimum Gasteiger partial charge on any atom is -0.493 e. The fraction of sp³-hybridized carbons (Fsp3) is 0.455. The minimum absolute atomic E-state index is 0.0339. The molecule has 3 aromatic heterocycles. The number of benzene rings is 2. The third kappa shape index (κ3) is 7.79. The van der Waals surface area contributed by atoms with E-state index in [1.54, 1.807) is 11.3 Å². The van der Waals surface area contributed by atoms with Gasteiger partial charge in [0.15, 0.2) is 6.10 Å². The summed E-state index contributed by atoms with van der Waals surface area (Å²) in [5.74, 6) is 1.73. The number of carboxylic acid groups (broad SMARTS) is 1. The highest BCUT2D eigenvalue weighted by atomic mass is 32.1. The number of carbonyl (C=O) groups is 1. The van der Waals surface area contributed by atoms with Crippen molar-refractivity contribution in [2.45, 2.75) is 90.4 Å². The summed E-state index contributed by atoms with van der Waals surface area (Å²) in [5.41, 5.74) is 7.09. The van der Waals surface area contributed by atoms with Crippen molar-refractivity contribution in [2.75, 3.05) is 44.7 Å². The molecule has 1 fully saturated rings. The fourth-order valence-electron chi connectivity index (χ4n) is 8.18. The van der Waals surface area contributed by atoms with Crippen molar-refractivity contribution in [1.29, 1.82) is 0 Å². The lowest BCUT2D eigenvalue weighted by molar-refractivity contribution is -0.160. The molecule has 0 radical (unpaired) electrons. The highest BCUT2D eigenvalue weighted by Gasteiger charge is 2.33. The third-order valence-electron chi connectivity index (χ3n) is 11.0. The van der Waals surface area contributed by atoms with Gasteiger partial charge in [0, 0.05) is 49.1 Å². The van der Waals surface area contributed by atoms with Gasteiger partial charge in [-0.3, -0.25) is 4.98 Å². The van der Waals surface area contributed by atoms with Gasteiger partial charge < -0.3 is 29.1 Å². The van der Waals surface area contributed by atoms with Gasteiger partial charge in [0.05, 0.1) is 39.8 Å². The molecular weight excluding hydrogens is 711 g/mol. The van der Waals surface area contributed by atoms with Crippen LogP contribution >= 0.6 is 11.3 Å². The molecule has 3 aliphatic heterocycles. The number of piperazine rings is 1. The van der Waals surface area contributed by atoms with E-state index in [1.807, 2.05) is 46.0 Å². The van der Waals surface area contributed by atoms with E-state index >= 15 is 0 Å². The molecule has 0 amide bonds. The number of rotatable bonds is 4. The Morgan fingerprint density at radius 2 is 1.78 bits per heavy atom. The Kier molecular flexibility index (Phi) is 10.3. The van der Waals surface area contributed by atoms with E-state index in [-0.39, 0.29) is 6.10 Å². The number of likely N-dealkylation sites (N-methyl/N-ethyl adjacent to an activating group) is 1. The number of ether oxygens (including phenoxy) is 3. The molecule has 5 aromatic rings. The zero-order valence-electron chi connectivity index (χ0n) is 32.7. The average Bonchev–Trinajstić information content (AvgIpc) is 3.58. The fourth-order valence-corrected chi connectivity index (χ4v) is 9.30. The standard InChI is InChI=1S/C44H51N5O5S/c1-26-23-34-40-38(37(26)39(43(50)51)54-44(3,4)5)29-11-13-35-32(24-29)28(16-22-52-35)10-8-7-9-27(2)53-41-31(33-25-30(15-17-45-33)42(46-34)55-40)12-14-36(47-41)49-20-18-48(6)19-21-49/h11-15,17,23-25,27-28,39H,7-10,16,18-22H2,1-6H3,(H,50,51)/t27-,28?,39?/m0/s1. The topological polar surface area (TPSA) is 110 Å². The number of aliphatic carboxylic acids is 1. The number of fused-ring (bicyclic) bond motifs is 8. The van der Waals surface area contributed by atoms with Gasteiger partial charge in [-0.05, 0) is 132 Å². The molecule has 10 nitrogen and oxygen atoms in total. The Bertz CT molecular complexity index is 2220. The van der Waals surface area contributed by atoms with Crippen molar-refractivity contribution in [3.63, 3.8) is 0 Å². The number of pyridine rings is 2. The number of hydrogen-bond acceptors (Lipinski definition) is 10. The van der Waals surface area contributed by atoms with Gasteiger partial charge in [0.2, 0.25) is 5.88 Å². The van der Waals surface area contributed by atoms with Gasteiger partial charge in [-0.2, -0.15) is 4.98 Å². The first kappa shape index (κ1) is 37.3. The molecule has 55 heavy (non-hydrogen) atoms. The summed E-state index contributed by atoms with van der Waals surface area (Å²) in [6, 6.07) is 16.6. The first-order chi connectivity index (χ1) is 26.4. The number of aromatic nitrogens is 3. The van der Waals surface area contributed by atoms with Crippen molar-refractivity contribution in [1.82, 2.24) is 19.9 Å². The molecule has 1 N–H and O–H groups in total. The predicted octanol–water partition coefficient (Wildman–Crippen LogP) is 9.30. The van der Waals surface area contributed by atoms with E-state index in [2.05, 4.69) is 60.2 Å². The third-order valence-corrected chi connectivity index (χ3v) is 12.2. The van der Waals surface area contributed by atoms with Crippen LogP contribution in [0.25, 0.3) is 43.2 Å². The first-order valence-electron chi connectivity index (χ1n) is 19.6. The van der Waals surface area contributed by atoms with E-state index in [4.69, 9.17) is 29.2 Å². The van der Waals surface area contributed by atoms with Gasteiger partial charge in [0.1, 0.15) is 16.6 Å². The molecule has 2 unspecified atom stereocenters. The van der Waals surface area contributed by atoms with Gasteiger partial charge in [0.25, 0.3) is 0 Å². The summed E-state index contributed by atoms with van der Waals surface area (Å²) in [5, 5.41) is 11.5. The van der Waals surface area contributed by atoms with Crippen LogP contribution in [0, 0.1) is 6.92 Å². The number of hydrogen-bond donors (Lipinski definition) is 1. The lowest BCUT2D eigenvalue weighted by atomic mass is 9.85. The van der Waals surface area contributed by atoms with Gasteiger partial charge >= 0.3 is 5.97 Å². The normalized spacial score (nSPS) is 19.8. The van der Waals surface area contributed by atoms with Gasteiger partial charge in [-0.15, -0.1) is 11.3 Å². The minimum atomic E-state index is -1.18. The Morgan fingerprint density at radius 3 is 2.56 bits per heavy atom. The molecule has 2 aromatic carbocycles. The summed E-state index contributed by atoms with van der Waals surface area (Å²) in [6.45, 7) is 14.3. The molecule has 0 saturated carbocycles. The van der Waals surface area contributed by atoms with E-state index in [0.717, 1.165) is 119 Å². The zero-order valence-corrected chi connectivity index (χ0v) is 33.5. The summed E-state index contributed by atoms with van der Waals surface area (Å²) >= 11 is 1.56. The van der Waals surface area contributed by atoms with E-state index < -0.39 is 17.7 Å². The number of aryl methyl sites for hydroxylation is 1. The lowest BCUT2D eigenvalue weighted by Crippen LogP contribution is -2.44. The predicted molar refractivity (Wildman–Crippen MR) is 219 cm³/mol. The highest BCUT2D eigenvalue weighted by Crippen LogP contribution is 2.47. The number of carboxylic acids is 1. The van der Waals surface area contributed by atoms with Crippen LogP contribution in [0.4, 0.5) is 5.82 Å². The second kappa shape index (κ2) is 15.2. The molecule has 11 heteroatoms. The maximum absolute atomic E-state index is 13.1. The second-order valence-corrected chi connectivity index (χ2v) is 17.3. The SMILES string of the molecule is Cc1cc2nc3sc2c(c1C(OC(C)(C)C)C(=O)O)-c1ccc2c(c1)C(CCCC[C@H](C)Oc1nc(N4CCN(C)CC4)ccc1-c1cc-3ccn1)CCO2. The molecule has 8 rings (SSSR count). The highest BCUT2D eigenvalue weighted by molar-refractivity contribution is 7.22. The van der Waals surface area contributed by atoms with Crippen LogP contribution in [0.2, 0.25) is 0 Å². The van der Waals surface area contributed by atoms with Crippen molar-refractivity contribution in [3.05, 3.63) is 71.4 Å². The molecule has 0 spiro atoms. The summed E-state index contributed by atoms with van der Waals surface area (Å²) < 4.78 is 20.2. The zero-order chi connectivity index (χ0) is 38.4.